The summed E-state index contributed by atoms with van der Waals surface area (Å²) in [6.45, 7) is 17.8. The molecule has 0 unspecified atom stereocenters. The van der Waals surface area contributed by atoms with E-state index < -0.39 is 0 Å². The largest absolute Gasteiger partial charge is 0.370 e. The highest BCUT2D eigenvalue weighted by Crippen LogP contribution is 2.41. The van der Waals surface area contributed by atoms with E-state index in [-0.39, 0.29) is 12.2 Å². The van der Waals surface area contributed by atoms with Gasteiger partial charge >= 0.3 is 0 Å². The average Bonchev–Trinajstić information content (AvgIpc) is 2.41. The summed E-state index contributed by atoms with van der Waals surface area (Å²) >= 11 is 0. The molecule has 1 aliphatic heterocycles. The van der Waals surface area contributed by atoms with Crippen LogP contribution in [-0.2, 0) is 4.74 Å². The lowest BCUT2D eigenvalue weighted by Crippen LogP contribution is -2.24. The average molecular weight is 301 g/mol. The number of ether oxygens (including phenoxy) is 1. The molecule has 2 nitrogen and oxygen atoms in total. The Morgan fingerprint density at radius 1 is 1.05 bits per heavy atom. The van der Waals surface area contributed by atoms with E-state index in [2.05, 4.69) is 72.6 Å². The number of aryl methyl sites for hydroxylation is 1. The molecule has 2 heteroatoms. The Morgan fingerprint density at radius 2 is 1.68 bits per heavy atom. The minimum atomic E-state index is 0.0844. The van der Waals surface area contributed by atoms with Crippen LogP contribution in [0.5, 0.6) is 0 Å². The van der Waals surface area contributed by atoms with Crippen molar-refractivity contribution >= 4 is 5.57 Å². The summed E-state index contributed by atoms with van der Waals surface area (Å²) < 4.78 is 6.29. The fourth-order valence-electron chi connectivity index (χ4n) is 3.39. The van der Waals surface area contributed by atoms with Crippen LogP contribution in [0.1, 0.15) is 82.9 Å². The zero-order chi connectivity index (χ0) is 16.6. The van der Waals surface area contributed by atoms with Crippen LogP contribution in [0, 0.1) is 18.8 Å². The molecule has 2 rings (SSSR count). The smallest absolute Gasteiger partial charge is 0.0824 e. The summed E-state index contributed by atoms with van der Waals surface area (Å²) in [4.78, 5) is 4.67. The van der Waals surface area contributed by atoms with Gasteiger partial charge in [0, 0.05) is 23.4 Å². The predicted molar refractivity (Wildman–Crippen MR) is 94.0 cm³/mol. The molecule has 22 heavy (non-hydrogen) atoms. The SMILES string of the molecule is Cc1ncc(C(C)C)c2c1[C@H](C)O[C@H](C)[C@H](C)/C=C\2C(C)C. The first-order valence-electron chi connectivity index (χ1n) is 8.60. The first kappa shape index (κ1) is 17.2. The summed E-state index contributed by atoms with van der Waals surface area (Å²) in [5.74, 6) is 1.38. The maximum Gasteiger partial charge on any atom is 0.0824 e. The van der Waals surface area contributed by atoms with Crippen LogP contribution >= 0.6 is 0 Å². The molecule has 0 radical (unpaired) electrons. The van der Waals surface area contributed by atoms with Crippen LogP contribution in [0.3, 0.4) is 0 Å². The van der Waals surface area contributed by atoms with Crippen molar-refractivity contribution in [2.24, 2.45) is 11.8 Å². The third-order valence-corrected chi connectivity index (χ3v) is 4.89. The third-order valence-electron chi connectivity index (χ3n) is 4.89. The molecule has 1 aliphatic rings. The first-order valence-corrected chi connectivity index (χ1v) is 8.60. The molecular weight excluding hydrogens is 270 g/mol. The van der Waals surface area contributed by atoms with Gasteiger partial charge in [-0.3, -0.25) is 4.98 Å². The topological polar surface area (TPSA) is 22.1 Å². The third kappa shape index (κ3) is 3.12. The molecule has 0 saturated heterocycles. The number of hydrogen-bond acceptors (Lipinski definition) is 2. The van der Waals surface area contributed by atoms with Gasteiger partial charge in [0.1, 0.15) is 0 Å². The van der Waals surface area contributed by atoms with E-state index in [0.29, 0.717) is 17.8 Å². The quantitative estimate of drug-likeness (QED) is 0.702. The highest BCUT2D eigenvalue weighted by atomic mass is 16.5. The molecule has 1 aromatic heterocycles. The number of pyridine rings is 1. The second kappa shape index (κ2) is 6.54. The summed E-state index contributed by atoms with van der Waals surface area (Å²) in [7, 11) is 0. The van der Waals surface area contributed by atoms with Crippen LogP contribution in [0.2, 0.25) is 0 Å². The second-order valence-corrected chi connectivity index (χ2v) is 7.36. The van der Waals surface area contributed by atoms with Gasteiger partial charge in [-0.25, -0.2) is 0 Å². The monoisotopic (exact) mass is 301 g/mol. The Balaban J connectivity index is 2.81. The number of rotatable bonds is 2. The maximum absolute atomic E-state index is 6.29. The lowest BCUT2D eigenvalue weighted by molar-refractivity contribution is -0.0128. The van der Waals surface area contributed by atoms with Crippen LogP contribution in [0.15, 0.2) is 12.3 Å². The molecule has 0 saturated carbocycles. The molecule has 0 aliphatic carbocycles. The van der Waals surface area contributed by atoms with E-state index in [1.807, 2.05) is 0 Å². The minimum Gasteiger partial charge on any atom is -0.370 e. The van der Waals surface area contributed by atoms with E-state index in [1.54, 1.807) is 0 Å². The summed E-state index contributed by atoms with van der Waals surface area (Å²) in [6, 6.07) is 0. The van der Waals surface area contributed by atoms with Crippen molar-refractivity contribution in [3.05, 3.63) is 34.7 Å². The first-order chi connectivity index (χ1) is 10.2. The van der Waals surface area contributed by atoms with Crippen LogP contribution < -0.4 is 0 Å². The summed E-state index contributed by atoms with van der Waals surface area (Å²) in [5, 5.41) is 0. The van der Waals surface area contributed by atoms with Gasteiger partial charge in [-0.1, -0.05) is 40.7 Å². The molecule has 0 bridgehead atoms. The van der Waals surface area contributed by atoms with Crippen molar-refractivity contribution in [3.63, 3.8) is 0 Å². The maximum atomic E-state index is 6.29. The van der Waals surface area contributed by atoms with Gasteiger partial charge in [-0.2, -0.15) is 0 Å². The van der Waals surface area contributed by atoms with E-state index >= 15 is 0 Å². The second-order valence-electron chi connectivity index (χ2n) is 7.36. The Labute approximate surface area is 136 Å². The standard InChI is InChI=1S/C20H31NO/c1-11(2)17-9-13(5)15(7)22-16(8)19-14(6)21-10-18(12(3)4)20(17)19/h9-13,15-16H,1-8H3/b17-9-/t13-,15-,16+/m1/s1. The Hall–Kier alpha value is -1.15. The summed E-state index contributed by atoms with van der Waals surface area (Å²) in [5.41, 5.74) is 6.57. The van der Waals surface area contributed by atoms with Crippen molar-refractivity contribution in [3.8, 4) is 0 Å². The normalized spacial score (nSPS) is 28.1. The Bertz CT molecular complexity index is 571. The van der Waals surface area contributed by atoms with Gasteiger partial charge in [0.2, 0.25) is 0 Å². The highest BCUT2D eigenvalue weighted by molar-refractivity contribution is 5.74. The molecule has 122 valence electrons. The fraction of sp³-hybridized carbons (Fsp3) is 0.650. The molecule has 0 amide bonds. The van der Waals surface area contributed by atoms with Gasteiger partial charge < -0.3 is 4.74 Å². The van der Waals surface area contributed by atoms with Gasteiger partial charge in [0.15, 0.2) is 0 Å². The fourth-order valence-corrected chi connectivity index (χ4v) is 3.39. The van der Waals surface area contributed by atoms with Gasteiger partial charge in [0.05, 0.1) is 12.2 Å². The van der Waals surface area contributed by atoms with E-state index in [0.717, 1.165) is 5.69 Å². The Morgan fingerprint density at radius 3 is 2.23 bits per heavy atom. The van der Waals surface area contributed by atoms with Gasteiger partial charge in [-0.15, -0.1) is 0 Å². The van der Waals surface area contributed by atoms with E-state index in [4.69, 9.17) is 4.74 Å². The number of aromatic nitrogens is 1. The van der Waals surface area contributed by atoms with Crippen molar-refractivity contribution in [1.82, 2.24) is 4.98 Å². The predicted octanol–water partition coefficient (Wildman–Crippen LogP) is 5.67. The number of allylic oxidation sites excluding steroid dienone is 1. The molecule has 2 heterocycles. The zero-order valence-corrected chi connectivity index (χ0v) is 15.4. The number of nitrogens with zero attached hydrogens (tertiary/aromatic N) is 1. The van der Waals surface area contributed by atoms with Crippen LogP contribution in [-0.4, -0.2) is 11.1 Å². The van der Waals surface area contributed by atoms with E-state index in [9.17, 15) is 0 Å². The molecule has 3 atom stereocenters. The van der Waals surface area contributed by atoms with Crippen LogP contribution in [0.25, 0.3) is 5.57 Å². The lowest BCUT2D eigenvalue weighted by atomic mass is 9.81. The number of fused-ring (bicyclic) bond motifs is 1. The van der Waals surface area contributed by atoms with Crippen molar-refractivity contribution < 1.29 is 4.74 Å². The van der Waals surface area contributed by atoms with Crippen molar-refractivity contribution in [1.29, 1.82) is 0 Å². The summed E-state index contributed by atoms with van der Waals surface area (Å²) in [6.07, 6.45) is 4.79. The van der Waals surface area contributed by atoms with E-state index in [1.165, 1.54) is 22.3 Å². The minimum absolute atomic E-state index is 0.0844. The highest BCUT2D eigenvalue weighted by Gasteiger charge is 2.28. The Kier molecular flexibility index (Phi) is 5.11. The van der Waals surface area contributed by atoms with Gasteiger partial charge in [0.25, 0.3) is 0 Å². The molecule has 0 fully saturated rings. The van der Waals surface area contributed by atoms with Crippen molar-refractivity contribution in [2.75, 3.05) is 0 Å². The van der Waals surface area contributed by atoms with Crippen molar-refractivity contribution in [2.45, 2.75) is 73.5 Å². The van der Waals surface area contributed by atoms with Crippen LogP contribution in [0.4, 0.5) is 0 Å². The molecule has 0 spiro atoms. The molecule has 0 aromatic carbocycles. The molecule has 1 aromatic rings. The zero-order valence-electron chi connectivity index (χ0n) is 15.4. The number of hydrogen-bond donors (Lipinski definition) is 0. The van der Waals surface area contributed by atoms with Gasteiger partial charge in [-0.05, 0) is 49.3 Å². The molecule has 0 N–H and O–H groups in total. The molecular formula is C20H31NO. The lowest BCUT2D eigenvalue weighted by Gasteiger charge is -2.32.